The van der Waals surface area contributed by atoms with Crippen molar-refractivity contribution in [1.29, 1.82) is 0 Å². The second-order valence-electron chi connectivity index (χ2n) is 4.32. The Morgan fingerprint density at radius 3 is 2.90 bits per heavy atom. The normalized spacial score (nSPS) is 10.6. The van der Waals surface area contributed by atoms with Crippen LogP contribution in [0.2, 0.25) is 0 Å². The van der Waals surface area contributed by atoms with Crippen LogP contribution in [0.5, 0.6) is 0 Å². The minimum absolute atomic E-state index is 0.181. The summed E-state index contributed by atoms with van der Waals surface area (Å²) < 4.78 is 19.7. The number of hydrogen-bond donors (Lipinski definition) is 0. The number of benzene rings is 1. The predicted octanol–water partition coefficient (Wildman–Crippen LogP) is 2.15. The molecule has 1 aromatic carbocycles. The van der Waals surface area contributed by atoms with E-state index in [0.717, 1.165) is 5.56 Å². The summed E-state index contributed by atoms with van der Waals surface area (Å²) in [6.45, 7) is 4.28. The predicted molar refractivity (Wildman–Crippen MR) is 70.8 cm³/mol. The molecule has 1 aromatic heterocycles. The van der Waals surface area contributed by atoms with Crippen LogP contribution in [-0.4, -0.2) is 27.3 Å². The summed E-state index contributed by atoms with van der Waals surface area (Å²) in [5, 5.41) is 7.72. The maximum absolute atomic E-state index is 13.1. The number of halogens is 1. The molecule has 0 fully saturated rings. The van der Waals surface area contributed by atoms with E-state index in [1.165, 1.54) is 12.1 Å². The van der Waals surface area contributed by atoms with Gasteiger partial charge in [-0.15, -0.1) is 10.2 Å². The standard InChI is InChI=1S/C14H16FN3O2/c1-3-20-14(19)13-17-16-10(2)18(13)8-7-11-5-4-6-12(15)9-11/h4-6,9H,3,7-8H2,1-2H3. The first-order chi connectivity index (χ1) is 9.61. The molecule has 1 heterocycles. The number of nitrogens with zero attached hydrogens (tertiary/aromatic N) is 3. The van der Waals surface area contributed by atoms with Crippen molar-refractivity contribution >= 4 is 5.97 Å². The van der Waals surface area contributed by atoms with E-state index in [1.807, 2.05) is 6.07 Å². The molecule has 0 aliphatic rings. The number of carbonyl (C=O) groups is 1. The molecular weight excluding hydrogens is 261 g/mol. The van der Waals surface area contributed by atoms with Crippen LogP contribution < -0.4 is 0 Å². The SMILES string of the molecule is CCOC(=O)c1nnc(C)n1CCc1cccc(F)c1. The van der Waals surface area contributed by atoms with Gasteiger partial charge in [-0.25, -0.2) is 9.18 Å². The molecule has 0 radical (unpaired) electrons. The van der Waals surface area contributed by atoms with Crippen LogP contribution in [0, 0.1) is 12.7 Å². The Kier molecular flexibility index (Phi) is 4.45. The maximum Gasteiger partial charge on any atom is 0.376 e. The number of aromatic nitrogens is 3. The number of rotatable bonds is 5. The van der Waals surface area contributed by atoms with Crippen molar-refractivity contribution in [3.63, 3.8) is 0 Å². The Morgan fingerprint density at radius 2 is 2.20 bits per heavy atom. The van der Waals surface area contributed by atoms with E-state index in [2.05, 4.69) is 10.2 Å². The third-order valence-corrected chi connectivity index (χ3v) is 2.91. The monoisotopic (exact) mass is 277 g/mol. The van der Waals surface area contributed by atoms with Crippen LogP contribution in [0.25, 0.3) is 0 Å². The van der Waals surface area contributed by atoms with Crippen LogP contribution in [0.15, 0.2) is 24.3 Å². The maximum atomic E-state index is 13.1. The van der Waals surface area contributed by atoms with Gasteiger partial charge in [0.25, 0.3) is 0 Å². The van der Waals surface area contributed by atoms with E-state index >= 15 is 0 Å². The fourth-order valence-corrected chi connectivity index (χ4v) is 1.93. The second kappa shape index (κ2) is 6.27. The van der Waals surface area contributed by atoms with Crippen molar-refractivity contribution in [2.45, 2.75) is 26.8 Å². The van der Waals surface area contributed by atoms with Gasteiger partial charge in [0.05, 0.1) is 6.61 Å². The third-order valence-electron chi connectivity index (χ3n) is 2.91. The molecule has 0 bridgehead atoms. The van der Waals surface area contributed by atoms with Crippen molar-refractivity contribution in [1.82, 2.24) is 14.8 Å². The average molecular weight is 277 g/mol. The van der Waals surface area contributed by atoms with E-state index in [1.54, 1.807) is 24.5 Å². The molecule has 0 saturated carbocycles. The minimum Gasteiger partial charge on any atom is -0.460 e. The van der Waals surface area contributed by atoms with Gasteiger partial charge in [0.1, 0.15) is 11.6 Å². The molecule has 0 atom stereocenters. The quantitative estimate of drug-likeness (QED) is 0.786. The van der Waals surface area contributed by atoms with Gasteiger partial charge in [-0.05, 0) is 38.0 Å². The van der Waals surface area contributed by atoms with E-state index in [9.17, 15) is 9.18 Å². The van der Waals surface area contributed by atoms with E-state index < -0.39 is 5.97 Å². The average Bonchev–Trinajstić information content (AvgIpc) is 2.78. The number of esters is 1. The van der Waals surface area contributed by atoms with Gasteiger partial charge in [0.15, 0.2) is 0 Å². The Morgan fingerprint density at radius 1 is 1.40 bits per heavy atom. The molecule has 6 heteroatoms. The largest absolute Gasteiger partial charge is 0.460 e. The first-order valence-electron chi connectivity index (χ1n) is 6.43. The molecule has 5 nitrogen and oxygen atoms in total. The molecule has 106 valence electrons. The van der Waals surface area contributed by atoms with Crippen LogP contribution in [-0.2, 0) is 17.7 Å². The van der Waals surface area contributed by atoms with Gasteiger partial charge in [0, 0.05) is 6.54 Å². The van der Waals surface area contributed by atoms with E-state index in [4.69, 9.17) is 4.74 Å². The highest BCUT2D eigenvalue weighted by Crippen LogP contribution is 2.09. The summed E-state index contributed by atoms with van der Waals surface area (Å²) in [4.78, 5) is 11.7. The molecule has 2 aromatic rings. The molecule has 0 saturated heterocycles. The highest BCUT2D eigenvalue weighted by atomic mass is 19.1. The van der Waals surface area contributed by atoms with Crippen LogP contribution in [0.4, 0.5) is 4.39 Å². The zero-order valence-electron chi connectivity index (χ0n) is 11.5. The summed E-state index contributed by atoms with van der Waals surface area (Å²) in [7, 11) is 0. The van der Waals surface area contributed by atoms with Gasteiger partial charge in [-0.3, -0.25) is 0 Å². The number of ether oxygens (including phenoxy) is 1. The highest BCUT2D eigenvalue weighted by molar-refractivity contribution is 5.85. The van der Waals surface area contributed by atoms with Crippen molar-refractivity contribution in [3.05, 3.63) is 47.3 Å². The van der Waals surface area contributed by atoms with E-state index in [0.29, 0.717) is 18.8 Å². The fraction of sp³-hybridized carbons (Fsp3) is 0.357. The molecule has 0 aliphatic carbocycles. The lowest BCUT2D eigenvalue weighted by molar-refractivity contribution is 0.0505. The lowest BCUT2D eigenvalue weighted by Crippen LogP contribution is -2.15. The molecule has 0 amide bonds. The van der Waals surface area contributed by atoms with Crippen LogP contribution in [0.1, 0.15) is 28.9 Å². The smallest absolute Gasteiger partial charge is 0.376 e. The molecule has 0 spiro atoms. The Labute approximate surface area is 116 Å². The Bertz CT molecular complexity index is 610. The van der Waals surface area contributed by atoms with Crippen LogP contribution in [0.3, 0.4) is 0 Å². The molecule has 0 aliphatic heterocycles. The molecule has 0 N–H and O–H groups in total. The lowest BCUT2D eigenvalue weighted by atomic mass is 10.1. The van der Waals surface area contributed by atoms with Gasteiger partial charge < -0.3 is 9.30 Å². The van der Waals surface area contributed by atoms with Crippen molar-refractivity contribution < 1.29 is 13.9 Å². The van der Waals surface area contributed by atoms with Gasteiger partial charge in [0.2, 0.25) is 5.82 Å². The zero-order chi connectivity index (χ0) is 14.5. The second-order valence-corrected chi connectivity index (χ2v) is 4.32. The molecule has 2 rings (SSSR count). The first kappa shape index (κ1) is 14.2. The molecule has 0 unspecified atom stereocenters. The van der Waals surface area contributed by atoms with Gasteiger partial charge >= 0.3 is 5.97 Å². The van der Waals surface area contributed by atoms with E-state index in [-0.39, 0.29) is 18.2 Å². The Balaban J connectivity index is 2.13. The minimum atomic E-state index is -0.493. The summed E-state index contributed by atoms with van der Waals surface area (Å²) in [5.74, 6) is 0.0474. The topological polar surface area (TPSA) is 57.0 Å². The van der Waals surface area contributed by atoms with Crippen molar-refractivity contribution in [2.24, 2.45) is 0 Å². The summed E-state index contributed by atoms with van der Waals surface area (Å²) >= 11 is 0. The van der Waals surface area contributed by atoms with Crippen molar-refractivity contribution in [3.8, 4) is 0 Å². The number of aryl methyl sites for hydroxylation is 2. The summed E-state index contributed by atoms with van der Waals surface area (Å²) in [6.07, 6.45) is 0.586. The summed E-state index contributed by atoms with van der Waals surface area (Å²) in [6, 6.07) is 6.38. The summed E-state index contributed by atoms with van der Waals surface area (Å²) in [5.41, 5.74) is 0.855. The first-order valence-corrected chi connectivity index (χ1v) is 6.43. The number of carbonyl (C=O) groups excluding carboxylic acids is 1. The molecular formula is C14H16FN3O2. The van der Waals surface area contributed by atoms with Crippen molar-refractivity contribution in [2.75, 3.05) is 6.61 Å². The lowest BCUT2D eigenvalue weighted by Gasteiger charge is -2.08. The van der Waals surface area contributed by atoms with Gasteiger partial charge in [-0.1, -0.05) is 12.1 Å². The zero-order valence-corrected chi connectivity index (χ0v) is 11.5. The Hall–Kier alpha value is -2.24. The van der Waals surface area contributed by atoms with Crippen LogP contribution >= 0.6 is 0 Å². The highest BCUT2D eigenvalue weighted by Gasteiger charge is 2.17. The fourth-order valence-electron chi connectivity index (χ4n) is 1.93. The third kappa shape index (κ3) is 3.20. The molecule has 20 heavy (non-hydrogen) atoms. The number of hydrogen-bond acceptors (Lipinski definition) is 4. The van der Waals surface area contributed by atoms with Gasteiger partial charge in [-0.2, -0.15) is 0 Å².